The average molecular weight is 402 g/mol. The lowest BCUT2D eigenvalue weighted by Gasteiger charge is -2.08. The molecule has 0 heterocycles. The van der Waals surface area contributed by atoms with Gasteiger partial charge in [-0.2, -0.15) is 0 Å². The second-order valence-corrected chi connectivity index (χ2v) is 6.78. The zero-order chi connectivity index (χ0) is 21.2. The molecule has 30 heavy (non-hydrogen) atoms. The van der Waals surface area contributed by atoms with Gasteiger partial charge in [0.25, 0.3) is 5.91 Å². The Morgan fingerprint density at radius 3 is 2.67 bits per heavy atom. The molecule has 0 bridgehead atoms. The van der Waals surface area contributed by atoms with Crippen molar-refractivity contribution >= 4 is 34.4 Å². The Balaban J connectivity index is 1.59. The molecule has 0 aliphatic rings. The summed E-state index contributed by atoms with van der Waals surface area (Å²) in [6.45, 7) is 3.78. The lowest BCUT2D eigenvalue weighted by atomic mass is 10.0. The van der Waals surface area contributed by atoms with Crippen LogP contribution < -0.4 is 10.6 Å². The Labute approximate surface area is 176 Å². The minimum Gasteiger partial charge on any atom is -0.382 e. The number of fused-ring (bicyclic) bond motifs is 1. The van der Waals surface area contributed by atoms with Crippen molar-refractivity contribution in [2.24, 2.45) is 0 Å². The second-order valence-electron chi connectivity index (χ2n) is 6.78. The van der Waals surface area contributed by atoms with Crippen molar-refractivity contribution in [2.45, 2.75) is 13.3 Å². The van der Waals surface area contributed by atoms with Gasteiger partial charge in [0.05, 0.1) is 0 Å². The molecule has 154 valence electrons. The maximum Gasteiger partial charge on any atom is 0.251 e. The van der Waals surface area contributed by atoms with Crippen LogP contribution in [0.5, 0.6) is 0 Å². The van der Waals surface area contributed by atoms with Crippen LogP contribution in [0.1, 0.15) is 29.3 Å². The summed E-state index contributed by atoms with van der Waals surface area (Å²) >= 11 is 0. The first kappa shape index (κ1) is 21.3. The molecule has 3 aromatic rings. The summed E-state index contributed by atoms with van der Waals surface area (Å²) < 4.78 is 5.26. The highest BCUT2D eigenvalue weighted by atomic mass is 16.5. The van der Waals surface area contributed by atoms with Gasteiger partial charge in [0, 0.05) is 37.1 Å². The van der Waals surface area contributed by atoms with Crippen LogP contribution in [0.3, 0.4) is 0 Å². The highest BCUT2D eigenvalue weighted by Crippen LogP contribution is 2.19. The number of anilines is 1. The molecular weight excluding hydrogens is 376 g/mol. The zero-order valence-corrected chi connectivity index (χ0v) is 17.1. The molecule has 0 atom stereocenters. The highest BCUT2D eigenvalue weighted by molar-refractivity contribution is 6.04. The summed E-state index contributed by atoms with van der Waals surface area (Å²) in [4.78, 5) is 24.6. The number of hydrogen-bond donors (Lipinski definition) is 2. The molecule has 0 spiro atoms. The maximum absolute atomic E-state index is 12.4. The van der Waals surface area contributed by atoms with E-state index in [1.165, 1.54) is 6.08 Å². The first-order chi connectivity index (χ1) is 14.7. The maximum atomic E-state index is 12.4. The number of carbonyl (C=O) groups excluding carboxylic acids is 2. The summed E-state index contributed by atoms with van der Waals surface area (Å²) in [6.07, 6.45) is 4.06. The molecule has 3 rings (SSSR count). The van der Waals surface area contributed by atoms with Crippen molar-refractivity contribution in [1.82, 2.24) is 5.32 Å². The van der Waals surface area contributed by atoms with Crippen molar-refractivity contribution in [3.05, 3.63) is 83.9 Å². The van der Waals surface area contributed by atoms with E-state index in [2.05, 4.69) is 10.6 Å². The van der Waals surface area contributed by atoms with E-state index in [4.69, 9.17) is 4.74 Å². The van der Waals surface area contributed by atoms with Crippen LogP contribution in [-0.4, -0.2) is 31.6 Å². The molecule has 0 aliphatic heterocycles. The van der Waals surface area contributed by atoms with Crippen molar-refractivity contribution in [3.63, 3.8) is 0 Å². The third-order valence-electron chi connectivity index (χ3n) is 4.59. The lowest BCUT2D eigenvalue weighted by Crippen LogP contribution is -2.25. The number of hydrogen-bond acceptors (Lipinski definition) is 3. The van der Waals surface area contributed by atoms with Gasteiger partial charge in [-0.15, -0.1) is 0 Å². The summed E-state index contributed by atoms with van der Waals surface area (Å²) in [5.74, 6) is -0.425. The fourth-order valence-electron chi connectivity index (χ4n) is 3.11. The Hall–Kier alpha value is -3.44. The number of amides is 2. The zero-order valence-electron chi connectivity index (χ0n) is 17.1. The highest BCUT2D eigenvalue weighted by Gasteiger charge is 2.07. The van der Waals surface area contributed by atoms with Gasteiger partial charge < -0.3 is 15.4 Å². The second kappa shape index (κ2) is 10.9. The monoisotopic (exact) mass is 402 g/mol. The van der Waals surface area contributed by atoms with Gasteiger partial charge in [-0.05, 0) is 54.0 Å². The van der Waals surface area contributed by atoms with Gasteiger partial charge in [-0.1, -0.05) is 48.5 Å². The van der Waals surface area contributed by atoms with Crippen molar-refractivity contribution in [1.29, 1.82) is 0 Å². The number of rotatable bonds is 9. The van der Waals surface area contributed by atoms with E-state index in [0.717, 1.165) is 22.8 Å². The minimum absolute atomic E-state index is 0.172. The molecule has 3 aromatic carbocycles. The van der Waals surface area contributed by atoms with E-state index >= 15 is 0 Å². The molecule has 0 radical (unpaired) electrons. The van der Waals surface area contributed by atoms with E-state index in [0.29, 0.717) is 31.0 Å². The molecule has 0 aromatic heterocycles. The molecular formula is C25H26N2O3. The fraction of sp³-hybridized carbons (Fsp3) is 0.200. The fourth-order valence-corrected chi connectivity index (χ4v) is 3.11. The molecule has 0 aliphatic carbocycles. The van der Waals surface area contributed by atoms with Crippen molar-refractivity contribution in [2.75, 3.05) is 25.1 Å². The first-order valence-electron chi connectivity index (χ1n) is 10.1. The molecule has 2 N–H and O–H groups in total. The Kier molecular flexibility index (Phi) is 7.75. The number of benzene rings is 3. The van der Waals surface area contributed by atoms with E-state index in [9.17, 15) is 9.59 Å². The predicted octanol–water partition coefficient (Wildman–Crippen LogP) is 4.65. The SMILES string of the molecule is CCOCCCNC(=O)c1cccc(NC(=O)/C=C/c2cccc3ccccc23)c1. The molecule has 5 heteroatoms. The predicted molar refractivity (Wildman–Crippen MR) is 121 cm³/mol. The smallest absolute Gasteiger partial charge is 0.251 e. The summed E-state index contributed by atoms with van der Waals surface area (Å²) in [6, 6.07) is 20.9. The molecule has 0 unspecified atom stereocenters. The third kappa shape index (κ3) is 6.03. The van der Waals surface area contributed by atoms with Crippen molar-refractivity contribution < 1.29 is 14.3 Å². The van der Waals surface area contributed by atoms with Gasteiger partial charge >= 0.3 is 0 Å². The quantitative estimate of drug-likeness (QED) is 0.404. The van der Waals surface area contributed by atoms with Gasteiger partial charge in [-0.3, -0.25) is 9.59 Å². The standard InChI is InChI=1S/C25H26N2O3/c1-2-30-17-7-16-26-25(29)21-11-6-12-22(18-21)27-24(28)15-14-20-10-5-9-19-8-3-4-13-23(19)20/h3-6,8-15,18H,2,7,16-17H2,1H3,(H,26,29)(H,27,28)/b15-14+. The van der Waals surface area contributed by atoms with Crippen LogP contribution in [0, 0.1) is 0 Å². The minimum atomic E-state index is -0.253. The number of ether oxygens (including phenoxy) is 1. The van der Waals surface area contributed by atoms with Crippen LogP contribution in [0.25, 0.3) is 16.8 Å². The normalized spacial score (nSPS) is 11.0. The van der Waals surface area contributed by atoms with Gasteiger partial charge in [0.1, 0.15) is 0 Å². The summed E-state index contributed by atoms with van der Waals surface area (Å²) in [7, 11) is 0. The largest absolute Gasteiger partial charge is 0.382 e. The molecule has 0 fully saturated rings. The van der Waals surface area contributed by atoms with Crippen LogP contribution in [0.2, 0.25) is 0 Å². The van der Waals surface area contributed by atoms with Crippen LogP contribution in [-0.2, 0) is 9.53 Å². The average Bonchev–Trinajstić information content (AvgIpc) is 2.77. The third-order valence-corrected chi connectivity index (χ3v) is 4.59. The van der Waals surface area contributed by atoms with Crippen LogP contribution in [0.4, 0.5) is 5.69 Å². The van der Waals surface area contributed by atoms with E-state index in [-0.39, 0.29) is 11.8 Å². The van der Waals surface area contributed by atoms with Gasteiger partial charge in [0.2, 0.25) is 5.91 Å². The Morgan fingerprint density at radius 2 is 1.80 bits per heavy atom. The van der Waals surface area contributed by atoms with E-state index in [1.807, 2.05) is 49.4 Å². The van der Waals surface area contributed by atoms with Crippen molar-refractivity contribution in [3.8, 4) is 0 Å². The van der Waals surface area contributed by atoms with Gasteiger partial charge in [0.15, 0.2) is 0 Å². The van der Waals surface area contributed by atoms with Gasteiger partial charge in [-0.25, -0.2) is 0 Å². The molecule has 0 saturated carbocycles. The number of nitrogens with one attached hydrogen (secondary N) is 2. The summed E-state index contributed by atoms with van der Waals surface area (Å²) in [5, 5.41) is 7.89. The number of carbonyl (C=O) groups is 2. The molecule has 2 amide bonds. The van der Waals surface area contributed by atoms with Crippen LogP contribution >= 0.6 is 0 Å². The Morgan fingerprint density at radius 1 is 1.00 bits per heavy atom. The topological polar surface area (TPSA) is 67.4 Å². The lowest BCUT2D eigenvalue weighted by molar-refractivity contribution is -0.111. The Bertz CT molecular complexity index is 1040. The van der Waals surface area contributed by atoms with E-state index in [1.54, 1.807) is 30.3 Å². The summed E-state index contributed by atoms with van der Waals surface area (Å²) in [5.41, 5.74) is 2.05. The molecule has 0 saturated heterocycles. The molecule has 5 nitrogen and oxygen atoms in total. The van der Waals surface area contributed by atoms with E-state index < -0.39 is 0 Å². The first-order valence-corrected chi connectivity index (χ1v) is 10.1. The van der Waals surface area contributed by atoms with Crippen LogP contribution in [0.15, 0.2) is 72.8 Å².